The van der Waals surface area contributed by atoms with E-state index in [9.17, 15) is 9.59 Å². The number of nitrogens with one attached hydrogen (secondary N) is 1. The normalized spacial score (nSPS) is 12.1. The molecule has 0 spiro atoms. The summed E-state index contributed by atoms with van der Waals surface area (Å²) < 4.78 is 17.4. The van der Waals surface area contributed by atoms with Crippen LogP contribution >= 0.6 is 31.9 Å². The Hall–Kier alpha value is -3.24. The van der Waals surface area contributed by atoms with Crippen molar-refractivity contribution in [1.82, 2.24) is 10.4 Å². The largest absolute Gasteiger partial charge is 0.454 e. The number of carbonyl (C=O) groups excluding carboxylic acids is 2. The fourth-order valence-electron chi connectivity index (χ4n) is 2.67. The third-order valence-corrected chi connectivity index (χ3v) is 5.15. The molecule has 1 aliphatic heterocycles. The van der Waals surface area contributed by atoms with E-state index in [2.05, 4.69) is 47.4 Å². The first kappa shape index (κ1) is 21.0. The summed E-state index contributed by atoms with van der Waals surface area (Å²) in [6, 6.07) is 13.2. The number of aromatic nitrogens is 1. The van der Waals surface area contributed by atoms with Gasteiger partial charge in [0, 0.05) is 16.2 Å². The van der Waals surface area contributed by atoms with Crippen LogP contribution in [0.3, 0.4) is 0 Å². The van der Waals surface area contributed by atoms with Crippen molar-refractivity contribution in [1.29, 1.82) is 0 Å². The number of nitrogens with zero attached hydrogens (tertiary/aromatic N) is 2. The number of hydrazone groups is 1. The molecule has 0 saturated heterocycles. The Morgan fingerprint density at radius 2 is 1.94 bits per heavy atom. The van der Waals surface area contributed by atoms with E-state index in [1.807, 2.05) is 0 Å². The summed E-state index contributed by atoms with van der Waals surface area (Å²) in [5.74, 6) is 0.223. The number of carbonyl (C=O) groups is 2. The number of halogens is 2. The van der Waals surface area contributed by atoms with E-state index < -0.39 is 11.9 Å². The number of hydrogen-bond acceptors (Lipinski definition) is 7. The molecule has 1 N–H and O–H groups in total. The van der Waals surface area contributed by atoms with Crippen LogP contribution in [-0.4, -0.2) is 29.9 Å². The third kappa shape index (κ3) is 4.92. The van der Waals surface area contributed by atoms with Gasteiger partial charge >= 0.3 is 5.97 Å². The maximum atomic E-state index is 12.7. The van der Waals surface area contributed by atoms with Crippen molar-refractivity contribution in [3.8, 4) is 17.2 Å². The average Bonchev–Trinajstić information content (AvgIpc) is 3.24. The minimum Gasteiger partial charge on any atom is -0.454 e. The van der Waals surface area contributed by atoms with Gasteiger partial charge < -0.3 is 14.2 Å². The fraction of sp³-hybridized carbons (Fsp3) is 0.0476. The second kappa shape index (κ2) is 9.27. The molecule has 8 nitrogen and oxygen atoms in total. The highest BCUT2D eigenvalue weighted by atomic mass is 79.9. The van der Waals surface area contributed by atoms with Crippen LogP contribution in [0, 0.1) is 0 Å². The maximum Gasteiger partial charge on any atom is 0.343 e. The minimum absolute atomic E-state index is 0.108. The van der Waals surface area contributed by atoms with Crippen LogP contribution in [0.15, 0.2) is 68.8 Å². The molecule has 4 rings (SSSR count). The summed E-state index contributed by atoms with van der Waals surface area (Å²) in [5, 5.41) is 3.95. The van der Waals surface area contributed by atoms with Crippen LogP contribution in [0.2, 0.25) is 0 Å². The van der Waals surface area contributed by atoms with Gasteiger partial charge in [0.1, 0.15) is 5.69 Å². The van der Waals surface area contributed by atoms with Crippen LogP contribution in [-0.2, 0) is 0 Å². The van der Waals surface area contributed by atoms with E-state index in [0.29, 0.717) is 27.1 Å². The number of hydrogen-bond donors (Lipinski definition) is 1. The zero-order chi connectivity index (χ0) is 21.8. The number of pyridine rings is 1. The number of esters is 1. The summed E-state index contributed by atoms with van der Waals surface area (Å²) in [5.41, 5.74) is 3.37. The van der Waals surface area contributed by atoms with E-state index in [0.717, 1.165) is 4.47 Å². The topological polar surface area (TPSA) is 99.1 Å². The lowest BCUT2D eigenvalue weighted by molar-refractivity contribution is 0.0732. The standard InChI is InChI=1S/C21H13Br2N3O5/c22-14-7-13(10-25-26-20(27)16-3-1-2-6-24-16)19(15(23)9-14)31-21(28)12-4-5-17-18(8-12)30-11-29-17/h1-10H,11H2,(H,26,27)/b25-10+. The molecule has 156 valence electrons. The summed E-state index contributed by atoms with van der Waals surface area (Å²) in [7, 11) is 0. The molecular formula is C21H13Br2N3O5. The molecule has 0 atom stereocenters. The maximum absolute atomic E-state index is 12.7. The Bertz CT molecular complexity index is 1190. The Balaban J connectivity index is 1.54. The van der Waals surface area contributed by atoms with Crippen LogP contribution < -0.4 is 19.6 Å². The van der Waals surface area contributed by atoms with Gasteiger partial charge in [0.2, 0.25) is 6.79 Å². The molecule has 2 heterocycles. The second-order valence-corrected chi connectivity index (χ2v) is 7.95. The SMILES string of the molecule is O=C(Oc1c(Br)cc(Br)cc1/C=N/NC(=O)c1ccccn1)c1ccc2c(c1)OCO2. The number of benzene rings is 2. The zero-order valence-electron chi connectivity index (χ0n) is 15.7. The van der Waals surface area contributed by atoms with Gasteiger partial charge in [-0.3, -0.25) is 9.78 Å². The quantitative estimate of drug-likeness (QED) is 0.221. The summed E-state index contributed by atoms with van der Waals surface area (Å²) in [6.07, 6.45) is 2.89. The van der Waals surface area contributed by atoms with Crippen molar-refractivity contribution in [3.05, 3.63) is 80.5 Å². The Kier molecular flexibility index (Phi) is 6.28. The van der Waals surface area contributed by atoms with Crippen molar-refractivity contribution < 1.29 is 23.8 Å². The molecule has 1 aliphatic rings. The molecule has 0 bridgehead atoms. The van der Waals surface area contributed by atoms with E-state index >= 15 is 0 Å². The number of fused-ring (bicyclic) bond motifs is 1. The highest BCUT2D eigenvalue weighted by Crippen LogP contribution is 2.35. The van der Waals surface area contributed by atoms with E-state index in [1.165, 1.54) is 12.4 Å². The molecule has 0 radical (unpaired) electrons. The molecule has 2 aromatic carbocycles. The zero-order valence-corrected chi connectivity index (χ0v) is 18.8. The van der Waals surface area contributed by atoms with Crippen molar-refractivity contribution >= 4 is 50.0 Å². The van der Waals surface area contributed by atoms with Crippen LogP contribution in [0.5, 0.6) is 17.2 Å². The minimum atomic E-state index is -0.589. The van der Waals surface area contributed by atoms with Gasteiger partial charge in [-0.15, -0.1) is 0 Å². The van der Waals surface area contributed by atoms with Crippen LogP contribution in [0.25, 0.3) is 0 Å². The first-order valence-electron chi connectivity index (χ1n) is 8.86. The molecule has 1 amide bonds. The third-order valence-electron chi connectivity index (χ3n) is 4.11. The molecule has 0 aliphatic carbocycles. The molecule has 31 heavy (non-hydrogen) atoms. The number of rotatable bonds is 5. The fourth-order valence-corrected chi connectivity index (χ4v) is 4.01. The molecule has 10 heteroatoms. The molecule has 0 fully saturated rings. The van der Waals surface area contributed by atoms with E-state index in [4.69, 9.17) is 14.2 Å². The van der Waals surface area contributed by atoms with Crippen LogP contribution in [0.1, 0.15) is 26.4 Å². The Labute approximate surface area is 193 Å². The summed E-state index contributed by atoms with van der Waals surface area (Å²) >= 11 is 6.79. The lowest BCUT2D eigenvalue weighted by atomic mass is 10.2. The van der Waals surface area contributed by atoms with Crippen LogP contribution in [0.4, 0.5) is 0 Å². The van der Waals surface area contributed by atoms with Crippen molar-refractivity contribution in [2.75, 3.05) is 6.79 Å². The Morgan fingerprint density at radius 1 is 1.10 bits per heavy atom. The first-order valence-corrected chi connectivity index (χ1v) is 10.4. The van der Waals surface area contributed by atoms with Gasteiger partial charge in [0.25, 0.3) is 5.91 Å². The number of amides is 1. The molecule has 0 saturated carbocycles. The summed E-state index contributed by atoms with van der Waals surface area (Å²) in [4.78, 5) is 28.8. The van der Waals surface area contributed by atoms with Crippen molar-refractivity contribution in [2.45, 2.75) is 0 Å². The van der Waals surface area contributed by atoms with Gasteiger partial charge in [0.15, 0.2) is 17.2 Å². The highest BCUT2D eigenvalue weighted by molar-refractivity contribution is 9.11. The Morgan fingerprint density at radius 3 is 2.74 bits per heavy atom. The first-order chi connectivity index (χ1) is 15.0. The molecule has 0 unspecified atom stereocenters. The monoisotopic (exact) mass is 545 g/mol. The van der Waals surface area contributed by atoms with Gasteiger partial charge in [-0.05, 0) is 58.4 Å². The van der Waals surface area contributed by atoms with E-state index in [-0.39, 0.29) is 18.2 Å². The molecular weight excluding hydrogens is 534 g/mol. The van der Waals surface area contributed by atoms with Crippen molar-refractivity contribution in [3.63, 3.8) is 0 Å². The number of ether oxygens (including phenoxy) is 3. The van der Waals surface area contributed by atoms with Gasteiger partial charge in [0.05, 0.1) is 16.3 Å². The lowest BCUT2D eigenvalue weighted by Gasteiger charge is -2.11. The average molecular weight is 547 g/mol. The molecule has 3 aromatic rings. The van der Waals surface area contributed by atoms with Gasteiger partial charge in [-0.25, -0.2) is 10.2 Å². The predicted molar refractivity (Wildman–Crippen MR) is 119 cm³/mol. The molecule has 1 aromatic heterocycles. The second-order valence-electron chi connectivity index (χ2n) is 6.18. The highest BCUT2D eigenvalue weighted by Gasteiger charge is 2.19. The summed E-state index contributed by atoms with van der Waals surface area (Å²) in [6.45, 7) is 0.108. The smallest absolute Gasteiger partial charge is 0.343 e. The lowest BCUT2D eigenvalue weighted by Crippen LogP contribution is -2.19. The van der Waals surface area contributed by atoms with Crippen molar-refractivity contribution in [2.24, 2.45) is 5.10 Å². The van der Waals surface area contributed by atoms with Gasteiger partial charge in [-0.2, -0.15) is 5.10 Å². The predicted octanol–water partition coefficient (Wildman–Crippen LogP) is 4.32. The van der Waals surface area contributed by atoms with Gasteiger partial charge in [-0.1, -0.05) is 22.0 Å². The van der Waals surface area contributed by atoms with E-state index in [1.54, 1.807) is 48.5 Å².